The van der Waals surface area contributed by atoms with Crippen molar-refractivity contribution < 1.29 is 0 Å². The Bertz CT molecular complexity index is 41.4. The number of rotatable bonds is 2. The Morgan fingerprint density at radius 1 is 1.71 bits per heavy atom. The molecule has 0 rings (SSSR count). The van der Waals surface area contributed by atoms with Crippen LogP contribution in [0.1, 0.15) is 20.3 Å². The third-order valence-electron chi connectivity index (χ3n) is 1.01. The van der Waals surface area contributed by atoms with E-state index in [1.54, 1.807) is 0 Å². The largest absolute Gasteiger partial charge is 0.0888 e. The van der Waals surface area contributed by atoms with Crippen LogP contribution < -0.4 is 0 Å². The van der Waals surface area contributed by atoms with Gasteiger partial charge in [-0.2, -0.15) is 0 Å². The van der Waals surface area contributed by atoms with Crippen LogP contribution in [0, 0.1) is 12.8 Å². The molecular weight excluding hydrogens is 152 g/mol. The SMILES string of the molecule is [CH2]C(C)C(Br)CC. The molecule has 1 heteroatoms. The fourth-order valence-corrected chi connectivity index (χ4v) is 0.402. The van der Waals surface area contributed by atoms with Crippen molar-refractivity contribution in [1.29, 1.82) is 0 Å². The molecule has 0 aromatic carbocycles. The molecule has 7 heavy (non-hydrogen) atoms. The maximum absolute atomic E-state index is 3.86. The van der Waals surface area contributed by atoms with Crippen molar-refractivity contribution in [3.8, 4) is 0 Å². The summed E-state index contributed by atoms with van der Waals surface area (Å²) in [6.07, 6.45) is 1.17. The molecule has 0 amide bonds. The summed E-state index contributed by atoms with van der Waals surface area (Å²) < 4.78 is 0. The molecule has 0 spiro atoms. The number of alkyl halides is 1. The van der Waals surface area contributed by atoms with Crippen LogP contribution in [0.2, 0.25) is 0 Å². The van der Waals surface area contributed by atoms with Crippen molar-refractivity contribution in [1.82, 2.24) is 0 Å². The van der Waals surface area contributed by atoms with Crippen molar-refractivity contribution in [3.63, 3.8) is 0 Å². The first-order valence-corrected chi connectivity index (χ1v) is 3.57. The number of halogens is 1. The molecule has 0 saturated heterocycles. The first-order chi connectivity index (χ1) is 3.18. The van der Waals surface area contributed by atoms with Crippen molar-refractivity contribution in [2.24, 2.45) is 5.92 Å². The van der Waals surface area contributed by atoms with Gasteiger partial charge in [-0.1, -0.05) is 29.8 Å². The van der Waals surface area contributed by atoms with E-state index in [0.29, 0.717) is 10.7 Å². The lowest BCUT2D eigenvalue weighted by atomic mass is 10.1. The average Bonchev–Trinajstić information content (AvgIpc) is 1.65. The summed E-state index contributed by atoms with van der Waals surface area (Å²) in [7, 11) is 0. The maximum Gasteiger partial charge on any atom is 0.0168 e. The maximum atomic E-state index is 3.86. The van der Waals surface area contributed by atoms with Gasteiger partial charge in [-0.3, -0.25) is 0 Å². The first kappa shape index (κ1) is 7.48. The zero-order chi connectivity index (χ0) is 5.86. The molecule has 0 saturated carbocycles. The van der Waals surface area contributed by atoms with Gasteiger partial charge >= 0.3 is 0 Å². The topological polar surface area (TPSA) is 0 Å². The minimum absolute atomic E-state index is 0.532. The summed E-state index contributed by atoms with van der Waals surface area (Å²) in [6.45, 7) is 8.13. The van der Waals surface area contributed by atoms with Crippen LogP contribution in [-0.2, 0) is 0 Å². The van der Waals surface area contributed by atoms with E-state index in [9.17, 15) is 0 Å². The van der Waals surface area contributed by atoms with E-state index < -0.39 is 0 Å². The van der Waals surface area contributed by atoms with Crippen LogP contribution in [-0.4, -0.2) is 4.83 Å². The highest BCUT2D eigenvalue weighted by molar-refractivity contribution is 9.09. The smallest absolute Gasteiger partial charge is 0.0168 e. The molecule has 0 aliphatic heterocycles. The van der Waals surface area contributed by atoms with Crippen LogP contribution in [0.4, 0.5) is 0 Å². The Morgan fingerprint density at radius 3 is 2.14 bits per heavy atom. The molecule has 0 aromatic heterocycles. The van der Waals surface area contributed by atoms with Gasteiger partial charge in [0.25, 0.3) is 0 Å². The van der Waals surface area contributed by atoms with E-state index in [2.05, 4.69) is 36.7 Å². The highest BCUT2D eigenvalue weighted by Gasteiger charge is 2.03. The minimum atomic E-state index is 0.532. The third kappa shape index (κ3) is 3.10. The molecule has 0 heterocycles. The summed E-state index contributed by atoms with van der Waals surface area (Å²) >= 11 is 3.48. The molecule has 1 radical (unpaired) electrons. The highest BCUT2D eigenvalue weighted by atomic mass is 79.9. The van der Waals surface area contributed by atoms with Crippen molar-refractivity contribution in [2.75, 3.05) is 0 Å². The molecule has 0 bridgehead atoms. The second kappa shape index (κ2) is 3.48. The summed E-state index contributed by atoms with van der Waals surface area (Å²) in [5.74, 6) is 0.532. The number of hydrogen-bond acceptors (Lipinski definition) is 0. The highest BCUT2D eigenvalue weighted by Crippen LogP contribution is 2.13. The fourth-order valence-electron chi connectivity index (χ4n) is 0.402. The van der Waals surface area contributed by atoms with Gasteiger partial charge in [0.2, 0.25) is 0 Å². The average molecular weight is 164 g/mol. The van der Waals surface area contributed by atoms with E-state index in [0.717, 1.165) is 0 Å². The summed E-state index contributed by atoms with van der Waals surface area (Å²) in [5, 5.41) is 0. The van der Waals surface area contributed by atoms with Gasteiger partial charge in [-0.05, 0) is 19.3 Å². The lowest BCUT2D eigenvalue weighted by Gasteiger charge is -2.08. The fraction of sp³-hybridized carbons (Fsp3) is 0.833. The van der Waals surface area contributed by atoms with E-state index in [1.165, 1.54) is 6.42 Å². The second-order valence-electron chi connectivity index (χ2n) is 1.90. The molecule has 0 aromatic rings. The molecule has 43 valence electrons. The lowest BCUT2D eigenvalue weighted by Crippen LogP contribution is -2.04. The standard InChI is InChI=1S/C6H12Br/c1-4-6(7)5(2)3/h5-6H,2,4H2,1,3H3. The van der Waals surface area contributed by atoms with Crippen LogP contribution in [0.15, 0.2) is 0 Å². The third-order valence-corrected chi connectivity index (χ3v) is 2.56. The van der Waals surface area contributed by atoms with Gasteiger partial charge in [-0.25, -0.2) is 0 Å². The zero-order valence-electron chi connectivity index (χ0n) is 4.95. The minimum Gasteiger partial charge on any atom is -0.0888 e. The van der Waals surface area contributed by atoms with Gasteiger partial charge in [0.15, 0.2) is 0 Å². The molecule has 2 atom stereocenters. The van der Waals surface area contributed by atoms with E-state index in [1.807, 2.05) is 0 Å². The molecule has 0 aliphatic rings. The molecular formula is C6H12Br. The van der Waals surface area contributed by atoms with Crippen LogP contribution in [0.25, 0.3) is 0 Å². The van der Waals surface area contributed by atoms with E-state index in [-0.39, 0.29) is 0 Å². The van der Waals surface area contributed by atoms with Crippen LogP contribution >= 0.6 is 15.9 Å². The predicted molar refractivity (Wildman–Crippen MR) is 37.5 cm³/mol. The molecule has 2 unspecified atom stereocenters. The Balaban J connectivity index is 3.14. The van der Waals surface area contributed by atoms with Crippen LogP contribution in [0.3, 0.4) is 0 Å². The Kier molecular flexibility index (Phi) is 3.72. The zero-order valence-corrected chi connectivity index (χ0v) is 6.53. The van der Waals surface area contributed by atoms with Crippen molar-refractivity contribution >= 4 is 15.9 Å². The normalized spacial score (nSPS) is 15.0. The quantitative estimate of drug-likeness (QED) is 0.550. The lowest BCUT2D eigenvalue weighted by molar-refractivity contribution is 0.660. The summed E-state index contributed by atoms with van der Waals surface area (Å²) in [4.78, 5) is 0.604. The van der Waals surface area contributed by atoms with Gasteiger partial charge in [0.1, 0.15) is 0 Å². The molecule has 0 N–H and O–H groups in total. The van der Waals surface area contributed by atoms with E-state index in [4.69, 9.17) is 0 Å². The molecule has 0 fully saturated rings. The van der Waals surface area contributed by atoms with E-state index >= 15 is 0 Å². The molecule has 0 aliphatic carbocycles. The van der Waals surface area contributed by atoms with Crippen molar-refractivity contribution in [3.05, 3.63) is 6.92 Å². The predicted octanol–water partition coefficient (Wildman–Crippen LogP) is 2.63. The Morgan fingerprint density at radius 2 is 2.14 bits per heavy atom. The Labute approximate surface area is 54.4 Å². The summed E-state index contributed by atoms with van der Waals surface area (Å²) in [5.41, 5.74) is 0. The van der Waals surface area contributed by atoms with Gasteiger partial charge < -0.3 is 0 Å². The van der Waals surface area contributed by atoms with Crippen LogP contribution in [0.5, 0.6) is 0 Å². The monoisotopic (exact) mass is 163 g/mol. The van der Waals surface area contributed by atoms with Gasteiger partial charge in [0, 0.05) is 4.83 Å². The Hall–Kier alpha value is 0.480. The summed E-state index contributed by atoms with van der Waals surface area (Å²) in [6, 6.07) is 0. The molecule has 0 nitrogen and oxygen atoms in total. The van der Waals surface area contributed by atoms with Gasteiger partial charge in [-0.15, -0.1) is 0 Å². The van der Waals surface area contributed by atoms with Crippen molar-refractivity contribution in [2.45, 2.75) is 25.1 Å². The first-order valence-electron chi connectivity index (χ1n) is 2.65. The number of hydrogen-bond donors (Lipinski definition) is 0. The second-order valence-corrected chi connectivity index (χ2v) is 3.08. The van der Waals surface area contributed by atoms with Gasteiger partial charge in [0.05, 0.1) is 0 Å².